The van der Waals surface area contributed by atoms with Gasteiger partial charge in [0.1, 0.15) is 5.75 Å². The number of carbonyl (C=O) groups excluding carboxylic acids is 3. The highest BCUT2D eigenvalue weighted by Gasteiger charge is 2.57. The number of ketones is 1. The Hall–Kier alpha value is -2.45. The molecule has 180 valence electrons. The number of hydrogen-bond donors (Lipinski definition) is 1. The third kappa shape index (κ3) is 4.77. The molecule has 8 nitrogen and oxygen atoms in total. The van der Waals surface area contributed by atoms with Crippen molar-refractivity contribution in [2.45, 2.75) is 58.8 Å². The fourth-order valence-corrected chi connectivity index (χ4v) is 5.50. The molecule has 1 aromatic rings. The van der Waals surface area contributed by atoms with Gasteiger partial charge in [0.05, 0.1) is 20.2 Å². The first-order chi connectivity index (χ1) is 15.6. The molecule has 3 aliphatic rings. The van der Waals surface area contributed by atoms with Gasteiger partial charge in [-0.05, 0) is 50.6 Å². The van der Waals surface area contributed by atoms with Crippen LogP contribution >= 0.6 is 0 Å². The van der Waals surface area contributed by atoms with Gasteiger partial charge in [0.2, 0.25) is 11.8 Å². The maximum atomic E-state index is 13.2. The van der Waals surface area contributed by atoms with Crippen molar-refractivity contribution in [1.29, 1.82) is 0 Å². The number of methoxy groups -OCH3 is 1. The van der Waals surface area contributed by atoms with Gasteiger partial charge in [-0.2, -0.15) is 0 Å². The number of amides is 2. The number of piperidine rings is 1. The molecular weight excluding hydrogens is 420 g/mol. The lowest BCUT2D eigenvalue weighted by Gasteiger charge is -2.38. The van der Waals surface area contributed by atoms with Crippen LogP contribution in [-0.2, 0) is 27.5 Å². The average molecular weight is 457 g/mol. The Morgan fingerprint density at radius 1 is 0.970 bits per heavy atom. The molecule has 4 rings (SSSR count). The summed E-state index contributed by atoms with van der Waals surface area (Å²) in [7, 11) is 1.69. The number of likely N-dealkylation sites (tertiary alicyclic amines) is 1. The summed E-state index contributed by atoms with van der Waals surface area (Å²) in [5.74, 6) is 0.351. The van der Waals surface area contributed by atoms with E-state index in [0.29, 0.717) is 13.1 Å². The van der Waals surface area contributed by atoms with Gasteiger partial charge >= 0.3 is 0 Å². The van der Waals surface area contributed by atoms with E-state index in [-0.39, 0.29) is 30.7 Å². The summed E-state index contributed by atoms with van der Waals surface area (Å²) >= 11 is 0. The fraction of sp³-hybridized carbons (Fsp3) is 0.640. The van der Waals surface area contributed by atoms with Crippen LogP contribution in [0.1, 0.15) is 51.2 Å². The zero-order valence-electron chi connectivity index (χ0n) is 20.3. The summed E-state index contributed by atoms with van der Waals surface area (Å²) in [6, 6.07) is 6.09. The fourth-order valence-electron chi connectivity index (χ4n) is 5.50. The smallest absolute Gasteiger partial charge is 0.238 e. The van der Waals surface area contributed by atoms with Gasteiger partial charge in [0.15, 0.2) is 11.4 Å². The number of ether oxygens (including phenoxy) is 1. The minimum Gasteiger partial charge on any atom is -0.496 e. The predicted octanol–water partition coefficient (Wildman–Crippen LogP) is 1.77. The summed E-state index contributed by atoms with van der Waals surface area (Å²) in [5, 5.41) is 2.84. The number of carbonyl (C=O) groups is 3. The number of Topliss-reactive ketones (excluding diaryl/α,β-unsaturated/α-hetero) is 1. The zero-order valence-corrected chi connectivity index (χ0v) is 20.3. The largest absolute Gasteiger partial charge is 0.496 e. The van der Waals surface area contributed by atoms with Crippen molar-refractivity contribution in [3.05, 3.63) is 29.3 Å². The molecule has 1 aromatic carbocycles. The summed E-state index contributed by atoms with van der Waals surface area (Å²) in [6.45, 7) is 9.25. The van der Waals surface area contributed by atoms with Gasteiger partial charge in [0.25, 0.3) is 0 Å². The van der Waals surface area contributed by atoms with Crippen LogP contribution in [0.5, 0.6) is 5.75 Å². The van der Waals surface area contributed by atoms with Crippen molar-refractivity contribution in [3.63, 3.8) is 0 Å². The maximum Gasteiger partial charge on any atom is 0.238 e. The van der Waals surface area contributed by atoms with Gasteiger partial charge in [-0.25, -0.2) is 0 Å². The number of hydrogen-bond acceptors (Lipinski definition) is 6. The van der Waals surface area contributed by atoms with Crippen LogP contribution < -0.4 is 10.1 Å². The van der Waals surface area contributed by atoms with Crippen LogP contribution in [0.4, 0.5) is 0 Å². The first-order valence-corrected chi connectivity index (χ1v) is 11.9. The van der Waals surface area contributed by atoms with Crippen LogP contribution in [0.2, 0.25) is 0 Å². The summed E-state index contributed by atoms with van der Waals surface area (Å²) < 4.78 is 5.59. The Morgan fingerprint density at radius 3 is 2.39 bits per heavy atom. The number of nitrogens with zero attached hydrogens (tertiary/aromatic N) is 3. The summed E-state index contributed by atoms with van der Waals surface area (Å²) in [4.78, 5) is 44.8. The molecule has 0 saturated carbocycles. The molecular formula is C25H36N4O4. The quantitative estimate of drug-likeness (QED) is 0.727. The minimum atomic E-state index is -1.27. The minimum absolute atomic E-state index is 0.0658. The van der Waals surface area contributed by atoms with Gasteiger partial charge in [-0.15, -0.1) is 0 Å². The van der Waals surface area contributed by atoms with Crippen molar-refractivity contribution in [2.24, 2.45) is 5.41 Å². The molecule has 8 heteroatoms. The van der Waals surface area contributed by atoms with Crippen LogP contribution in [-0.4, -0.2) is 77.8 Å². The molecule has 0 bridgehead atoms. The Bertz CT molecular complexity index is 940. The molecule has 33 heavy (non-hydrogen) atoms. The van der Waals surface area contributed by atoms with Crippen LogP contribution in [0, 0.1) is 5.41 Å². The zero-order chi connectivity index (χ0) is 23.8. The van der Waals surface area contributed by atoms with Crippen LogP contribution in [0.25, 0.3) is 0 Å². The Labute approximate surface area is 196 Å². The van der Waals surface area contributed by atoms with Crippen molar-refractivity contribution in [3.8, 4) is 5.75 Å². The second kappa shape index (κ2) is 9.06. The van der Waals surface area contributed by atoms with Crippen LogP contribution in [0.15, 0.2) is 18.2 Å². The van der Waals surface area contributed by atoms with E-state index in [4.69, 9.17) is 4.74 Å². The highest BCUT2D eigenvalue weighted by Crippen LogP contribution is 2.37. The van der Waals surface area contributed by atoms with E-state index in [2.05, 4.69) is 16.3 Å². The molecule has 0 radical (unpaired) electrons. The van der Waals surface area contributed by atoms with Crippen molar-refractivity contribution < 1.29 is 19.1 Å². The lowest BCUT2D eigenvalue weighted by atomic mass is 9.87. The van der Waals surface area contributed by atoms with Crippen molar-refractivity contribution >= 4 is 17.6 Å². The van der Waals surface area contributed by atoms with Gasteiger partial charge in [-0.1, -0.05) is 26.3 Å². The third-order valence-electron chi connectivity index (χ3n) is 7.15. The highest BCUT2D eigenvalue weighted by molar-refractivity contribution is 6.02. The van der Waals surface area contributed by atoms with E-state index in [1.54, 1.807) is 14.0 Å². The molecule has 3 fully saturated rings. The third-order valence-corrected chi connectivity index (χ3v) is 7.15. The lowest BCUT2D eigenvalue weighted by molar-refractivity contribution is -0.149. The normalized spacial score (nSPS) is 26.5. The van der Waals surface area contributed by atoms with Gasteiger partial charge in [-0.3, -0.25) is 24.2 Å². The Kier molecular flexibility index (Phi) is 6.51. The summed E-state index contributed by atoms with van der Waals surface area (Å²) in [5.41, 5.74) is 0.196. The van der Waals surface area contributed by atoms with Gasteiger partial charge in [0, 0.05) is 30.6 Å². The number of nitrogens with one attached hydrogen (secondary N) is 1. The number of rotatable bonds is 5. The topological polar surface area (TPSA) is 82.2 Å². The molecule has 0 spiro atoms. The molecule has 1 N–H and O–H groups in total. The SMILES string of the molecule is COc1ccc(CN2CC(=O)NC3(C)C(=O)C(C)(C)CN3C(=O)C2)cc1CN1CCCCC1. The second-order valence-corrected chi connectivity index (χ2v) is 10.4. The molecule has 3 heterocycles. The predicted molar refractivity (Wildman–Crippen MR) is 124 cm³/mol. The lowest BCUT2D eigenvalue weighted by Crippen LogP contribution is -2.65. The van der Waals surface area contributed by atoms with Crippen LogP contribution in [0.3, 0.4) is 0 Å². The first kappa shape index (κ1) is 23.7. The Balaban J connectivity index is 1.51. The van der Waals surface area contributed by atoms with Crippen molar-refractivity contribution in [1.82, 2.24) is 20.0 Å². The van der Waals surface area contributed by atoms with Crippen molar-refractivity contribution in [2.75, 3.05) is 39.8 Å². The number of fused-ring (bicyclic) bond motifs is 1. The molecule has 0 aliphatic carbocycles. The van der Waals surface area contributed by atoms with Gasteiger partial charge < -0.3 is 15.0 Å². The van der Waals surface area contributed by atoms with E-state index in [9.17, 15) is 14.4 Å². The molecule has 3 aliphatic heterocycles. The van der Waals surface area contributed by atoms with E-state index < -0.39 is 11.1 Å². The number of benzene rings is 1. The van der Waals surface area contributed by atoms with E-state index >= 15 is 0 Å². The second-order valence-electron chi connectivity index (χ2n) is 10.4. The highest BCUT2D eigenvalue weighted by atomic mass is 16.5. The molecule has 2 amide bonds. The molecule has 1 atom stereocenters. The molecule has 1 unspecified atom stereocenters. The Morgan fingerprint density at radius 2 is 1.70 bits per heavy atom. The van der Waals surface area contributed by atoms with E-state index in [0.717, 1.165) is 36.5 Å². The first-order valence-electron chi connectivity index (χ1n) is 11.9. The van der Waals surface area contributed by atoms with E-state index in [1.807, 2.05) is 30.9 Å². The van der Waals surface area contributed by atoms with E-state index in [1.165, 1.54) is 24.2 Å². The summed E-state index contributed by atoms with van der Waals surface area (Å²) in [6.07, 6.45) is 3.74. The molecule has 3 saturated heterocycles. The monoisotopic (exact) mass is 456 g/mol. The average Bonchev–Trinajstić information content (AvgIpc) is 2.94. The standard InChI is InChI=1S/C25H36N4O4/c1-24(2)17-29-22(31)16-28(15-21(30)26-25(29,3)23(24)32)13-18-8-9-20(33-4)19(12-18)14-27-10-6-5-7-11-27/h8-9,12H,5-7,10-11,13-17H2,1-4H3,(H,26,30). The molecule has 0 aromatic heterocycles. The maximum absolute atomic E-state index is 13.2.